The molecule has 2 atom stereocenters. The average Bonchev–Trinajstić information content (AvgIpc) is 3.14. The Morgan fingerprint density at radius 1 is 1.14 bits per heavy atom. The molecule has 0 N–H and O–H groups in total. The highest BCUT2D eigenvalue weighted by atomic mass is 32.1. The fraction of sp³-hybridized carbons (Fsp3) is 0.389. The van der Waals surface area contributed by atoms with Gasteiger partial charge in [-0.05, 0) is 30.0 Å². The highest BCUT2D eigenvalue weighted by molar-refractivity contribution is 7.12. The summed E-state index contributed by atoms with van der Waals surface area (Å²) in [6.07, 6.45) is -1.71. The summed E-state index contributed by atoms with van der Waals surface area (Å²) in [4.78, 5) is 14.4. The summed E-state index contributed by atoms with van der Waals surface area (Å²) in [5.41, 5.74) is 1.41. The Bertz CT molecular complexity index is 1000. The minimum absolute atomic E-state index is 0.213. The summed E-state index contributed by atoms with van der Waals surface area (Å²) in [5, 5.41) is 8.59. The van der Waals surface area contributed by atoms with Gasteiger partial charge in [-0.2, -0.15) is 13.2 Å². The van der Waals surface area contributed by atoms with Crippen LogP contribution in [0.15, 0.2) is 36.1 Å². The Balaban J connectivity index is 1.20. The number of rotatable bonds is 5. The van der Waals surface area contributed by atoms with Gasteiger partial charge >= 0.3 is 6.18 Å². The van der Waals surface area contributed by atoms with Crippen LogP contribution in [0.3, 0.4) is 0 Å². The standard InChI is InChI=1S/C18H15F3N6OS/c19-18(20,21)15-14(2-1-4-22-15)28-8-12-10-6-27(7-11(10)12)17-23-5-3-13(25-17)16-26-24-9-29-16/h1-5,9-12H,6-8H2. The molecule has 2 unspecified atom stereocenters. The lowest BCUT2D eigenvalue weighted by Crippen LogP contribution is -2.27. The number of alkyl halides is 3. The van der Waals surface area contributed by atoms with Gasteiger partial charge in [0.25, 0.3) is 0 Å². The third kappa shape index (κ3) is 3.50. The summed E-state index contributed by atoms with van der Waals surface area (Å²) >= 11 is 1.41. The number of piperidine rings is 1. The van der Waals surface area contributed by atoms with Gasteiger partial charge in [0.2, 0.25) is 5.95 Å². The molecule has 150 valence electrons. The van der Waals surface area contributed by atoms with Crippen LogP contribution in [-0.4, -0.2) is 44.8 Å². The van der Waals surface area contributed by atoms with Crippen molar-refractivity contribution in [3.05, 3.63) is 41.8 Å². The van der Waals surface area contributed by atoms with Crippen LogP contribution in [0.25, 0.3) is 10.7 Å². The molecule has 5 rings (SSSR count). The van der Waals surface area contributed by atoms with Crippen LogP contribution in [0.1, 0.15) is 5.69 Å². The molecule has 29 heavy (non-hydrogen) atoms. The van der Waals surface area contributed by atoms with E-state index in [0.29, 0.717) is 17.8 Å². The fourth-order valence-electron chi connectivity index (χ4n) is 3.87. The van der Waals surface area contributed by atoms with Gasteiger partial charge in [-0.1, -0.05) is 11.3 Å². The molecule has 0 amide bonds. The van der Waals surface area contributed by atoms with Crippen LogP contribution in [0, 0.1) is 17.8 Å². The Morgan fingerprint density at radius 3 is 2.69 bits per heavy atom. The number of nitrogens with zero attached hydrogens (tertiary/aromatic N) is 6. The van der Waals surface area contributed by atoms with Crippen LogP contribution >= 0.6 is 11.3 Å². The molecule has 1 saturated carbocycles. The summed E-state index contributed by atoms with van der Waals surface area (Å²) in [6, 6.07) is 4.55. The normalized spacial score (nSPS) is 23.1. The minimum atomic E-state index is -4.53. The summed E-state index contributed by atoms with van der Waals surface area (Å²) in [7, 11) is 0. The number of ether oxygens (including phenoxy) is 1. The Labute approximate surface area is 167 Å². The van der Waals surface area contributed by atoms with E-state index >= 15 is 0 Å². The van der Waals surface area contributed by atoms with E-state index in [9.17, 15) is 13.2 Å². The maximum Gasteiger partial charge on any atom is 0.437 e. The zero-order valence-corrected chi connectivity index (χ0v) is 15.8. The first-order valence-electron chi connectivity index (χ1n) is 9.00. The summed E-state index contributed by atoms with van der Waals surface area (Å²) < 4.78 is 44.6. The predicted molar refractivity (Wildman–Crippen MR) is 98.4 cm³/mol. The Kier molecular flexibility index (Phi) is 4.34. The molecule has 3 aromatic rings. The number of anilines is 1. The first-order chi connectivity index (χ1) is 14.0. The molecule has 11 heteroatoms. The molecule has 0 radical (unpaired) electrons. The van der Waals surface area contributed by atoms with Gasteiger partial charge in [-0.25, -0.2) is 15.0 Å². The number of hydrogen-bond acceptors (Lipinski definition) is 8. The lowest BCUT2D eigenvalue weighted by molar-refractivity contribution is -0.142. The molecule has 0 aromatic carbocycles. The summed E-state index contributed by atoms with van der Waals surface area (Å²) in [5.74, 6) is 1.40. The number of pyridine rings is 1. The molecule has 2 fully saturated rings. The van der Waals surface area contributed by atoms with Gasteiger partial charge < -0.3 is 9.64 Å². The molecular weight excluding hydrogens is 405 g/mol. The molecule has 7 nitrogen and oxygen atoms in total. The lowest BCUT2D eigenvalue weighted by atomic mass is 10.2. The molecule has 3 aromatic heterocycles. The van der Waals surface area contributed by atoms with Gasteiger partial charge in [0.15, 0.2) is 10.7 Å². The second-order valence-corrected chi connectivity index (χ2v) is 7.87. The van der Waals surface area contributed by atoms with E-state index in [1.807, 2.05) is 0 Å². The van der Waals surface area contributed by atoms with Gasteiger partial charge in [0, 0.05) is 31.4 Å². The molecule has 4 heterocycles. The van der Waals surface area contributed by atoms with Crippen molar-refractivity contribution in [3.8, 4) is 16.5 Å². The van der Waals surface area contributed by atoms with E-state index in [1.54, 1.807) is 17.8 Å². The second-order valence-electron chi connectivity index (χ2n) is 7.04. The van der Waals surface area contributed by atoms with Crippen LogP contribution in [0.5, 0.6) is 5.75 Å². The third-order valence-corrected chi connectivity index (χ3v) is 6.06. The maximum absolute atomic E-state index is 13.0. The zero-order chi connectivity index (χ0) is 20.0. The van der Waals surface area contributed by atoms with Crippen molar-refractivity contribution in [2.75, 3.05) is 24.6 Å². The quantitative estimate of drug-likeness (QED) is 0.627. The first kappa shape index (κ1) is 18.2. The van der Waals surface area contributed by atoms with Gasteiger partial charge in [0.05, 0.1) is 6.61 Å². The third-order valence-electron chi connectivity index (χ3n) is 5.35. The minimum Gasteiger partial charge on any atom is -0.491 e. The smallest absolute Gasteiger partial charge is 0.437 e. The van der Waals surface area contributed by atoms with Gasteiger partial charge in [0.1, 0.15) is 17.0 Å². The largest absolute Gasteiger partial charge is 0.491 e. The highest BCUT2D eigenvalue weighted by Crippen LogP contribution is 2.52. The van der Waals surface area contributed by atoms with Crippen molar-refractivity contribution in [3.63, 3.8) is 0 Å². The van der Waals surface area contributed by atoms with E-state index in [0.717, 1.165) is 30.0 Å². The van der Waals surface area contributed by atoms with Crippen LogP contribution < -0.4 is 9.64 Å². The van der Waals surface area contributed by atoms with E-state index in [1.165, 1.54) is 23.5 Å². The Hall–Kier alpha value is -2.82. The van der Waals surface area contributed by atoms with Gasteiger partial charge in [-0.15, -0.1) is 10.2 Å². The topological polar surface area (TPSA) is 76.9 Å². The SMILES string of the molecule is FC(F)(F)c1ncccc1OCC1C2CN(c3nccc(-c4nncs4)n3)CC12. The predicted octanol–water partition coefficient (Wildman–Crippen LogP) is 3.17. The molecule has 0 spiro atoms. The van der Waals surface area contributed by atoms with Crippen molar-refractivity contribution < 1.29 is 17.9 Å². The molecular formula is C18H15F3N6OS. The maximum atomic E-state index is 13.0. The van der Waals surface area contributed by atoms with Crippen molar-refractivity contribution in [1.82, 2.24) is 25.1 Å². The molecule has 2 aliphatic rings. The average molecular weight is 420 g/mol. The monoisotopic (exact) mass is 420 g/mol. The Morgan fingerprint density at radius 2 is 1.97 bits per heavy atom. The number of fused-ring (bicyclic) bond motifs is 1. The fourth-order valence-corrected chi connectivity index (χ4v) is 4.39. The van der Waals surface area contributed by atoms with Crippen LogP contribution in [-0.2, 0) is 6.18 Å². The molecule has 1 aliphatic heterocycles. The number of aromatic nitrogens is 5. The van der Waals surface area contributed by atoms with Crippen molar-refractivity contribution in [2.24, 2.45) is 17.8 Å². The molecule has 0 bridgehead atoms. The first-order valence-corrected chi connectivity index (χ1v) is 9.88. The van der Waals surface area contributed by atoms with Gasteiger partial charge in [-0.3, -0.25) is 0 Å². The van der Waals surface area contributed by atoms with E-state index in [-0.39, 0.29) is 18.3 Å². The molecule has 1 saturated heterocycles. The van der Waals surface area contributed by atoms with E-state index < -0.39 is 11.9 Å². The number of halogens is 3. The summed E-state index contributed by atoms with van der Waals surface area (Å²) in [6.45, 7) is 1.78. The van der Waals surface area contributed by atoms with E-state index in [2.05, 4.69) is 30.0 Å². The zero-order valence-electron chi connectivity index (χ0n) is 15.0. The molecule has 1 aliphatic carbocycles. The van der Waals surface area contributed by atoms with Crippen molar-refractivity contribution in [2.45, 2.75) is 6.18 Å². The van der Waals surface area contributed by atoms with Crippen LogP contribution in [0.4, 0.5) is 19.1 Å². The second kappa shape index (κ2) is 6.90. The lowest BCUT2D eigenvalue weighted by Gasteiger charge is -2.20. The van der Waals surface area contributed by atoms with Crippen molar-refractivity contribution >= 4 is 17.3 Å². The number of hydrogen-bond donors (Lipinski definition) is 0. The van der Waals surface area contributed by atoms with E-state index in [4.69, 9.17) is 4.74 Å². The van der Waals surface area contributed by atoms with Crippen LogP contribution in [0.2, 0.25) is 0 Å². The highest BCUT2D eigenvalue weighted by Gasteiger charge is 2.56. The van der Waals surface area contributed by atoms with Crippen molar-refractivity contribution in [1.29, 1.82) is 0 Å².